The van der Waals surface area contributed by atoms with E-state index in [-0.39, 0.29) is 16.4 Å². The standard InChI is InChI=1S/C22H23NO4S/c1-13-17-10-9-16(24)11-18(17)27-21(26)20(13)14-5-7-15(8-6-14)23-19(25)12-22(2,3)28-4/h5-11,24H,12H2,1-4H3,(H,23,25). The lowest BCUT2D eigenvalue weighted by Gasteiger charge is -2.21. The number of hydrogen-bond donors (Lipinski definition) is 2. The molecule has 0 bridgehead atoms. The van der Waals surface area contributed by atoms with Crippen molar-refractivity contribution in [1.82, 2.24) is 0 Å². The molecule has 2 aromatic carbocycles. The Hall–Kier alpha value is -2.73. The Balaban J connectivity index is 1.89. The zero-order chi connectivity index (χ0) is 20.5. The second-order valence-corrected chi connectivity index (χ2v) is 8.85. The first-order chi connectivity index (χ1) is 13.2. The Morgan fingerprint density at radius 3 is 2.50 bits per heavy atom. The van der Waals surface area contributed by atoms with Crippen molar-refractivity contribution < 1.29 is 14.3 Å². The molecule has 0 radical (unpaired) electrons. The van der Waals surface area contributed by atoms with Gasteiger partial charge in [-0.25, -0.2) is 4.79 Å². The third kappa shape index (κ3) is 4.22. The Morgan fingerprint density at radius 1 is 1.18 bits per heavy atom. The fraction of sp³-hybridized carbons (Fsp3) is 0.273. The van der Waals surface area contributed by atoms with Gasteiger partial charge in [-0.15, -0.1) is 0 Å². The van der Waals surface area contributed by atoms with Crippen molar-refractivity contribution in [3.8, 4) is 16.9 Å². The number of phenols is 1. The van der Waals surface area contributed by atoms with Gasteiger partial charge in [0.05, 0.1) is 5.56 Å². The molecule has 146 valence electrons. The number of benzene rings is 2. The van der Waals surface area contributed by atoms with Crippen molar-refractivity contribution in [3.63, 3.8) is 0 Å². The van der Waals surface area contributed by atoms with Crippen LogP contribution in [0, 0.1) is 6.92 Å². The molecule has 0 saturated carbocycles. The van der Waals surface area contributed by atoms with Crippen molar-refractivity contribution in [1.29, 1.82) is 0 Å². The molecule has 0 unspecified atom stereocenters. The normalized spacial score (nSPS) is 11.6. The largest absolute Gasteiger partial charge is 0.508 e. The number of anilines is 1. The van der Waals surface area contributed by atoms with Crippen LogP contribution in [0.3, 0.4) is 0 Å². The minimum Gasteiger partial charge on any atom is -0.508 e. The molecule has 1 aromatic heterocycles. The first kappa shape index (κ1) is 20.0. The topological polar surface area (TPSA) is 79.5 Å². The van der Waals surface area contributed by atoms with Crippen LogP contribution in [0.5, 0.6) is 5.75 Å². The highest BCUT2D eigenvalue weighted by molar-refractivity contribution is 7.99. The van der Waals surface area contributed by atoms with Crippen molar-refractivity contribution in [2.24, 2.45) is 0 Å². The highest BCUT2D eigenvalue weighted by Gasteiger charge is 2.20. The van der Waals surface area contributed by atoms with E-state index in [0.717, 1.165) is 10.9 Å². The Bertz CT molecular complexity index is 1080. The highest BCUT2D eigenvalue weighted by Crippen LogP contribution is 2.30. The van der Waals surface area contributed by atoms with Crippen LogP contribution in [0.15, 0.2) is 51.7 Å². The average molecular weight is 397 g/mol. The maximum Gasteiger partial charge on any atom is 0.344 e. The zero-order valence-corrected chi connectivity index (χ0v) is 17.1. The summed E-state index contributed by atoms with van der Waals surface area (Å²) in [5.74, 6) is 0.000789. The number of carbonyl (C=O) groups excluding carboxylic acids is 1. The molecule has 0 aliphatic carbocycles. The van der Waals surface area contributed by atoms with Crippen LogP contribution in [-0.2, 0) is 4.79 Å². The number of nitrogens with one attached hydrogen (secondary N) is 1. The van der Waals surface area contributed by atoms with E-state index in [2.05, 4.69) is 5.32 Å². The quantitative estimate of drug-likeness (QED) is 0.596. The molecule has 0 atom stereocenters. The summed E-state index contributed by atoms with van der Waals surface area (Å²) in [6.07, 6.45) is 2.40. The second-order valence-electron chi connectivity index (χ2n) is 7.34. The summed E-state index contributed by atoms with van der Waals surface area (Å²) in [6.45, 7) is 5.91. The van der Waals surface area contributed by atoms with Crippen LogP contribution < -0.4 is 10.9 Å². The summed E-state index contributed by atoms with van der Waals surface area (Å²) in [5, 5.41) is 13.3. The van der Waals surface area contributed by atoms with Crippen LogP contribution in [0.4, 0.5) is 5.69 Å². The van der Waals surface area contributed by atoms with Crippen molar-refractivity contribution >= 4 is 34.3 Å². The molecule has 0 spiro atoms. The molecule has 3 rings (SSSR count). The number of aryl methyl sites for hydroxylation is 1. The number of phenolic OH excluding ortho intramolecular Hbond substituents is 1. The fourth-order valence-corrected chi connectivity index (χ4v) is 3.34. The summed E-state index contributed by atoms with van der Waals surface area (Å²) >= 11 is 1.65. The van der Waals surface area contributed by atoms with Gasteiger partial charge in [0.15, 0.2) is 0 Å². The van der Waals surface area contributed by atoms with Crippen molar-refractivity contribution in [3.05, 3.63) is 58.4 Å². The van der Waals surface area contributed by atoms with Gasteiger partial charge in [0.2, 0.25) is 5.91 Å². The third-order valence-corrected chi connectivity index (χ3v) is 6.00. The minimum absolute atomic E-state index is 0.0479. The number of rotatable bonds is 5. The summed E-state index contributed by atoms with van der Waals surface area (Å²) < 4.78 is 5.26. The average Bonchev–Trinajstić information content (AvgIpc) is 2.62. The molecule has 0 aliphatic heterocycles. The summed E-state index contributed by atoms with van der Waals surface area (Å²) in [5.41, 5.74) is 2.53. The van der Waals surface area contributed by atoms with Gasteiger partial charge in [-0.1, -0.05) is 26.0 Å². The Morgan fingerprint density at radius 2 is 1.86 bits per heavy atom. The van der Waals surface area contributed by atoms with Crippen molar-refractivity contribution in [2.75, 3.05) is 11.6 Å². The molecule has 1 amide bonds. The van der Waals surface area contributed by atoms with E-state index in [0.29, 0.717) is 28.8 Å². The molecule has 28 heavy (non-hydrogen) atoms. The summed E-state index contributed by atoms with van der Waals surface area (Å²) in [6, 6.07) is 11.9. The van der Waals surface area contributed by atoms with E-state index in [1.54, 1.807) is 48.2 Å². The minimum atomic E-state index is -0.464. The van der Waals surface area contributed by atoms with E-state index < -0.39 is 5.63 Å². The lowest BCUT2D eigenvalue weighted by molar-refractivity contribution is -0.116. The summed E-state index contributed by atoms with van der Waals surface area (Å²) in [4.78, 5) is 24.7. The Labute approximate surface area is 167 Å². The summed E-state index contributed by atoms with van der Waals surface area (Å²) in [7, 11) is 0. The number of carbonyl (C=O) groups is 1. The molecule has 0 aliphatic rings. The van der Waals surface area contributed by atoms with E-state index in [1.807, 2.05) is 27.0 Å². The molecule has 3 aromatic rings. The van der Waals surface area contributed by atoms with Gasteiger partial charge >= 0.3 is 5.63 Å². The van der Waals surface area contributed by atoms with Gasteiger partial charge < -0.3 is 14.8 Å². The van der Waals surface area contributed by atoms with Crippen LogP contribution in [-0.4, -0.2) is 22.0 Å². The van der Waals surface area contributed by atoms with E-state index in [1.165, 1.54) is 6.07 Å². The molecule has 0 saturated heterocycles. The number of hydrogen-bond acceptors (Lipinski definition) is 5. The molecule has 1 heterocycles. The van der Waals surface area contributed by atoms with Gasteiger partial charge in [0, 0.05) is 28.3 Å². The molecular weight excluding hydrogens is 374 g/mol. The van der Waals surface area contributed by atoms with E-state index >= 15 is 0 Å². The maximum absolute atomic E-state index is 12.5. The first-order valence-corrected chi connectivity index (χ1v) is 10.1. The molecule has 0 fully saturated rings. The van der Waals surface area contributed by atoms with Crippen LogP contribution >= 0.6 is 11.8 Å². The molecular formula is C22H23NO4S. The second kappa shape index (κ2) is 7.72. The number of thioether (sulfide) groups is 1. The molecule has 2 N–H and O–H groups in total. The van der Waals surface area contributed by atoms with Gasteiger partial charge in [-0.05, 0) is 48.6 Å². The number of fused-ring (bicyclic) bond motifs is 1. The smallest absolute Gasteiger partial charge is 0.344 e. The molecule has 6 heteroatoms. The lowest BCUT2D eigenvalue weighted by Crippen LogP contribution is -2.24. The van der Waals surface area contributed by atoms with Gasteiger partial charge in [-0.3, -0.25) is 4.79 Å². The van der Waals surface area contributed by atoms with Gasteiger partial charge in [-0.2, -0.15) is 11.8 Å². The highest BCUT2D eigenvalue weighted by atomic mass is 32.2. The Kier molecular flexibility index (Phi) is 5.52. The number of amides is 1. The van der Waals surface area contributed by atoms with Crippen LogP contribution in [0.2, 0.25) is 0 Å². The lowest BCUT2D eigenvalue weighted by atomic mass is 9.99. The SMILES string of the molecule is CSC(C)(C)CC(=O)Nc1ccc(-c2c(C)c3ccc(O)cc3oc2=O)cc1. The maximum atomic E-state index is 12.5. The van der Waals surface area contributed by atoms with Crippen LogP contribution in [0.1, 0.15) is 25.8 Å². The van der Waals surface area contributed by atoms with Gasteiger partial charge in [0.25, 0.3) is 0 Å². The van der Waals surface area contributed by atoms with Crippen LogP contribution in [0.25, 0.3) is 22.1 Å². The predicted octanol–water partition coefficient (Wildman–Crippen LogP) is 4.94. The monoisotopic (exact) mass is 397 g/mol. The van der Waals surface area contributed by atoms with Gasteiger partial charge in [0.1, 0.15) is 11.3 Å². The van der Waals surface area contributed by atoms with E-state index in [9.17, 15) is 14.7 Å². The third-order valence-electron chi connectivity index (χ3n) is 4.75. The first-order valence-electron chi connectivity index (χ1n) is 8.92. The molecule has 5 nitrogen and oxygen atoms in total. The number of aromatic hydroxyl groups is 1. The van der Waals surface area contributed by atoms with Crippen molar-refractivity contribution in [2.45, 2.75) is 31.9 Å². The van der Waals surface area contributed by atoms with E-state index in [4.69, 9.17) is 4.42 Å². The predicted molar refractivity (Wildman–Crippen MR) is 115 cm³/mol. The zero-order valence-electron chi connectivity index (χ0n) is 16.3. The fourth-order valence-electron chi connectivity index (χ4n) is 3.06.